The molecule has 0 aromatic carbocycles. The van der Waals surface area contributed by atoms with Gasteiger partial charge in [0.1, 0.15) is 0 Å². The van der Waals surface area contributed by atoms with E-state index < -0.39 is 0 Å². The molecule has 2 heteroatoms. The lowest BCUT2D eigenvalue weighted by Gasteiger charge is -1.46. The van der Waals surface area contributed by atoms with Crippen LogP contribution in [0.1, 0.15) is 6.92 Å². The fraction of sp³-hybridized carbons (Fsp3) is 1.00. The third kappa shape index (κ3) is 96.4. The van der Waals surface area contributed by atoms with Crippen molar-refractivity contribution in [3.05, 3.63) is 0 Å². The highest BCUT2D eigenvalue weighted by Gasteiger charge is 1.37. The van der Waals surface area contributed by atoms with Crippen LogP contribution in [0.4, 0.5) is 0 Å². The molecule has 0 aliphatic rings. The Labute approximate surface area is 29.8 Å². The van der Waals surface area contributed by atoms with Gasteiger partial charge in [0.15, 0.2) is 0 Å². The van der Waals surface area contributed by atoms with Crippen molar-refractivity contribution in [2.75, 3.05) is 0 Å². The van der Waals surface area contributed by atoms with E-state index in [0.29, 0.717) is 0 Å². The average molecular weight is 75.2 g/mol. The Morgan fingerprint density at radius 3 is 1.75 bits per heavy atom. The van der Waals surface area contributed by atoms with Gasteiger partial charge in [-0.15, -0.1) is 0 Å². The topological polar surface area (TPSA) is 31.5 Å². The second kappa shape index (κ2) is 10.9. The fourth-order valence-electron chi connectivity index (χ4n) is 0. The summed E-state index contributed by atoms with van der Waals surface area (Å²) in [5.41, 5.74) is 0. The first-order valence-corrected chi connectivity index (χ1v) is 1.77. The van der Waals surface area contributed by atoms with Gasteiger partial charge in [-0.3, -0.25) is 0 Å². The van der Waals surface area contributed by atoms with Crippen LogP contribution in [0.15, 0.2) is 0 Å². The standard InChI is InChI=1S/C2H5Si.H2O/c1-2-3;/h2H2,1H3;1H2. The van der Waals surface area contributed by atoms with Crippen LogP contribution in [-0.2, 0) is 0 Å². The average Bonchev–Trinajstić information content (AvgIpc) is 0.918. The summed E-state index contributed by atoms with van der Waals surface area (Å²) in [6, 6.07) is 1.06. The summed E-state index contributed by atoms with van der Waals surface area (Å²) in [4.78, 5) is 0. The van der Waals surface area contributed by atoms with Gasteiger partial charge in [-0.2, -0.15) is 0 Å². The lowest BCUT2D eigenvalue weighted by Crippen LogP contribution is -1.41. The van der Waals surface area contributed by atoms with Crippen molar-refractivity contribution in [3.63, 3.8) is 0 Å². The molecule has 0 aliphatic heterocycles. The first-order chi connectivity index (χ1) is 1.41. The van der Waals surface area contributed by atoms with Gasteiger partial charge in [-0.05, 0) is 0 Å². The molecule has 0 aromatic rings. The Balaban J connectivity index is 0. The summed E-state index contributed by atoms with van der Waals surface area (Å²) in [5, 5.41) is 0. The second-order valence-electron chi connectivity index (χ2n) is 0.354. The highest BCUT2D eigenvalue weighted by molar-refractivity contribution is 6.08. The molecule has 0 heterocycles. The van der Waals surface area contributed by atoms with Gasteiger partial charge in [-0.25, -0.2) is 0 Å². The maximum atomic E-state index is 3.18. The minimum atomic E-state index is 0. The zero-order chi connectivity index (χ0) is 2.71. The first kappa shape index (κ1) is 8.90. The van der Waals surface area contributed by atoms with Crippen LogP contribution in [0.2, 0.25) is 6.04 Å². The van der Waals surface area contributed by atoms with Gasteiger partial charge in [0, 0.05) is 10.2 Å². The summed E-state index contributed by atoms with van der Waals surface area (Å²) < 4.78 is 0. The van der Waals surface area contributed by atoms with E-state index >= 15 is 0 Å². The van der Waals surface area contributed by atoms with Crippen molar-refractivity contribution in [3.8, 4) is 0 Å². The Kier molecular flexibility index (Phi) is 24.2. The maximum absolute atomic E-state index is 3.18. The van der Waals surface area contributed by atoms with Crippen molar-refractivity contribution in [2.45, 2.75) is 13.0 Å². The van der Waals surface area contributed by atoms with Crippen LogP contribution >= 0.6 is 0 Å². The van der Waals surface area contributed by atoms with E-state index in [0.717, 1.165) is 6.04 Å². The summed E-state index contributed by atoms with van der Waals surface area (Å²) in [7, 11) is 3.18. The number of rotatable bonds is 0. The molecular weight excluding hydrogens is 68.1 g/mol. The van der Waals surface area contributed by atoms with Crippen molar-refractivity contribution in [1.82, 2.24) is 0 Å². The molecule has 4 heavy (non-hydrogen) atoms. The summed E-state index contributed by atoms with van der Waals surface area (Å²) >= 11 is 0. The van der Waals surface area contributed by atoms with E-state index in [1.165, 1.54) is 0 Å². The normalized spacial score (nSPS) is 4.50. The zero-order valence-corrected chi connectivity index (χ0v) is 3.71. The van der Waals surface area contributed by atoms with E-state index in [4.69, 9.17) is 0 Å². The number of hydrogen-bond acceptors (Lipinski definition) is 0. The molecule has 1 nitrogen and oxygen atoms in total. The molecule has 0 aliphatic carbocycles. The third-order valence-corrected chi connectivity index (χ3v) is 0. The number of hydrogen-bond donors (Lipinski definition) is 0. The molecule has 0 rings (SSSR count). The van der Waals surface area contributed by atoms with Crippen LogP contribution in [0.25, 0.3) is 0 Å². The van der Waals surface area contributed by atoms with Crippen LogP contribution in [0.3, 0.4) is 0 Å². The molecule has 0 bridgehead atoms. The minimum absolute atomic E-state index is 0. The molecule has 3 radical (unpaired) electrons. The summed E-state index contributed by atoms with van der Waals surface area (Å²) in [6.45, 7) is 2.04. The summed E-state index contributed by atoms with van der Waals surface area (Å²) in [6.07, 6.45) is 0. The van der Waals surface area contributed by atoms with E-state index in [1.54, 1.807) is 0 Å². The predicted octanol–water partition coefficient (Wildman–Crippen LogP) is -0.232. The van der Waals surface area contributed by atoms with Crippen LogP contribution in [0, 0.1) is 0 Å². The predicted molar refractivity (Wildman–Crippen MR) is 19.8 cm³/mol. The molecule has 0 fully saturated rings. The Morgan fingerprint density at radius 1 is 1.75 bits per heavy atom. The van der Waals surface area contributed by atoms with E-state index in [1.807, 2.05) is 6.92 Å². The zero-order valence-electron chi connectivity index (χ0n) is 2.71. The molecule has 2 N–H and O–H groups in total. The van der Waals surface area contributed by atoms with Gasteiger partial charge in [0.2, 0.25) is 0 Å². The molecular formula is C2H7OSi. The minimum Gasteiger partial charge on any atom is -0.412 e. The first-order valence-electron chi connectivity index (χ1n) is 1.06. The monoisotopic (exact) mass is 75.0 g/mol. The maximum Gasteiger partial charge on any atom is 0.0219 e. The SMILES string of the molecule is CC[Si].O. The van der Waals surface area contributed by atoms with Crippen molar-refractivity contribution >= 4 is 10.2 Å². The molecule has 0 amide bonds. The smallest absolute Gasteiger partial charge is 0.0219 e. The third-order valence-electron chi connectivity index (χ3n) is 0. The lowest BCUT2D eigenvalue weighted by molar-refractivity contribution is 0.824. The Morgan fingerprint density at radius 2 is 1.75 bits per heavy atom. The van der Waals surface area contributed by atoms with Gasteiger partial charge in [0.05, 0.1) is 0 Å². The Hall–Kier alpha value is 0.177. The van der Waals surface area contributed by atoms with E-state index in [-0.39, 0.29) is 5.48 Å². The molecule has 0 saturated heterocycles. The van der Waals surface area contributed by atoms with Gasteiger partial charge in [0.25, 0.3) is 0 Å². The molecule has 0 atom stereocenters. The van der Waals surface area contributed by atoms with Crippen LogP contribution in [-0.4, -0.2) is 15.7 Å². The van der Waals surface area contributed by atoms with Crippen molar-refractivity contribution in [2.24, 2.45) is 0 Å². The lowest BCUT2D eigenvalue weighted by atomic mass is 11.0. The molecule has 0 saturated carbocycles. The van der Waals surface area contributed by atoms with Crippen molar-refractivity contribution in [1.29, 1.82) is 0 Å². The van der Waals surface area contributed by atoms with Gasteiger partial charge >= 0.3 is 0 Å². The van der Waals surface area contributed by atoms with Crippen LogP contribution < -0.4 is 0 Å². The summed E-state index contributed by atoms with van der Waals surface area (Å²) in [5.74, 6) is 0. The van der Waals surface area contributed by atoms with Gasteiger partial charge in [-0.1, -0.05) is 13.0 Å². The quantitative estimate of drug-likeness (QED) is 0.356. The molecule has 25 valence electrons. The fourth-order valence-corrected chi connectivity index (χ4v) is 0. The second-order valence-corrected chi connectivity index (χ2v) is 1.06. The van der Waals surface area contributed by atoms with E-state index in [2.05, 4.69) is 10.2 Å². The van der Waals surface area contributed by atoms with Gasteiger partial charge < -0.3 is 5.48 Å². The Bertz CT molecular complexity index is 6.00. The molecule has 0 spiro atoms. The molecule has 0 unspecified atom stereocenters. The largest absolute Gasteiger partial charge is 0.412 e. The highest BCUT2D eigenvalue weighted by atomic mass is 28.1. The van der Waals surface area contributed by atoms with Crippen LogP contribution in [0.5, 0.6) is 0 Å². The van der Waals surface area contributed by atoms with E-state index in [9.17, 15) is 0 Å². The van der Waals surface area contributed by atoms with Crippen molar-refractivity contribution < 1.29 is 5.48 Å². The highest BCUT2D eigenvalue weighted by Crippen LogP contribution is 1.49. The molecule has 0 aromatic heterocycles.